The monoisotopic (exact) mass is 340 g/mol. The molecule has 0 atom stereocenters. The minimum Gasteiger partial charge on any atom is -0.272 e. The van der Waals surface area contributed by atoms with Crippen molar-refractivity contribution in [3.05, 3.63) is 53.9 Å². The maximum Gasteiger partial charge on any atom is 0.417 e. The lowest BCUT2D eigenvalue weighted by molar-refractivity contribution is -0.137. The number of hydrogen-bond acceptors (Lipinski definition) is 5. The molecule has 1 amide bonds. The van der Waals surface area contributed by atoms with Crippen molar-refractivity contribution in [1.82, 2.24) is 15.4 Å². The Morgan fingerprint density at radius 2 is 1.91 bits per heavy atom. The second-order valence-corrected chi connectivity index (χ2v) is 5.14. The zero-order valence-electron chi connectivity index (χ0n) is 11.6. The lowest BCUT2D eigenvalue weighted by Gasteiger charge is -2.09. The van der Waals surface area contributed by atoms with Gasteiger partial charge in [-0.2, -0.15) is 18.3 Å². The molecule has 0 aliphatic carbocycles. The van der Waals surface area contributed by atoms with E-state index in [4.69, 9.17) is 0 Å². The van der Waals surface area contributed by atoms with E-state index in [0.717, 1.165) is 24.0 Å². The number of rotatable bonds is 5. The third-order valence-electron chi connectivity index (χ3n) is 2.53. The number of hydrogen-bond donors (Lipinski definition) is 1. The molecule has 0 saturated carbocycles. The first-order chi connectivity index (χ1) is 11.0. The van der Waals surface area contributed by atoms with Crippen LogP contribution in [0.1, 0.15) is 11.1 Å². The molecule has 0 aliphatic rings. The molecule has 120 valence electrons. The van der Waals surface area contributed by atoms with Crippen molar-refractivity contribution >= 4 is 23.9 Å². The average Bonchev–Trinajstić information content (AvgIpc) is 2.53. The predicted molar refractivity (Wildman–Crippen MR) is 79.9 cm³/mol. The summed E-state index contributed by atoms with van der Waals surface area (Å²) in [5.41, 5.74) is 1.23. The van der Waals surface area contributed by atoms with Crippen LogP contribution in [-0.2, 0) is 11.0 Å². The van der Waals surface area contributed by atoms with Crippen LogP contribution in [0.5, 0.6) is 0 Å². The Morgan fingerprint density at radius 1 is 1.22 bits per heavy atom. The van der Waals surface area contributed by atoms with Gasteiger partial charge in [-0.1, -0.05) is 30.0 Å². The Hall–Kier alpha value is -2.42. The van der Waals surface area contributed by atoms with Crippen LogP contribution in [0.25, 0.3) is 0 Å². The van der Waals surface area contributed by atoms with Crippen molar-refractivity contribution in [3.63, 3.8) is 0 Å². The minimum absolute atomic E-state index is 0.00225. The van der Waals surface area contributed by atoms with Gasteiger partial charge in [0.25, 0.3) is 5.91 Å². The first-order valence-electron chi connectivity index (χ1n) is 6.35. The van der Waals surface area contributed by atoms with Crippen LogP contribution in [0.2, 0.25) is 0 Å². The first kappa shape index (κ1) is 16.9. The highest BCUT2D eigenvalue weighted by Gasteiger charge is 2.32. The fourth-order valence-corrected chi connectivity index (χ4v) is 2.16. The van der Waals surface area contributed by atoms with Gasteiger partial charge in [0.15, 0.2) is 5.16 Å². The quantitative estimate of drug-likeness (QED) is 0.393. The maximum absolute atomic E-state index is 12.8. The van der Waals surface area contributed by atoms with Gasteiger partial charge >= 0.3 is 6.18 Å². The lowest BCUT2D eigenvalue weighted by Crippen LogP contribution is -2.20. The van der Waals surface area contributed by atoms with Gasteiger partial charge < -0.3 is 0 Å². The Kier molecular flexibility index (Phi) is 5.69. The number of thioether (sulfide) groups is 1. The van der Waals surface area contributed by atoms with Crippen LogP contribution in [0, 0.1) is 0 Å². The molecule has 5 nitrogen and oxygen atoms in total. The average molecular weight is 340 g/mol. The molecule has 1 aromatic heterocycles. The van der Waals surface area contributed by atoms with Gasteiger partial charge in [-0.3, -0.25) is 4.79 Å². The van der Waals surface area contributed by atoms with E-state index in [9.17, 15) is 18.0 Å². The summed E-state index contributed by atoms with van der Waals surface area (Å²) >= 11 is 1.09. The molecule has 0 radical (unpaired) electrons. The van der Waals surface area contributed by atoms with E-state index in [1.54, 1.807) is 18.5 Å². The molecule has 1 heterocycles. The highest BCUT2D eigenvalue weighted by atomic mass is 32.2. The summed E-state index contributed by atoms with van der Waals surface area (Å²) in [5.74, 6) is -0.467. The number of alkyl halides is 3. The molecule has 2 aromatic rings. The predicted octanol–water partition coefficient (Wildman–Crippen LogP) is 2.74. The molecule has 0 spiro atoms. The van der Waals surface area contributed by atoms with Crippen molar-refractivity contribution in [2.75, 3.05) is 5.75 Å². The number of carbonyl (C=O) groups is 1. The number of carbonyl (C=O) groups excluding carboxylic acids is 1. The molecular weight excluding hydrogens is 329 g/mol. The number of halogens is 3. The third-order valence-corrected chi connectivity index (χ3v) is 3.41. The van der Waals surface area contributed by atoms with E-state index in [-0.39, 0.29) is 11.3 Å². The zero-order valence-corrected chi connectivity index (χ0v) is 12.4. The van der Waals surface area contributed by atoms with Crippen molar-refractivity contribution in [3.8, 4) is 0 Å². The summed E-state index contributed by atoms with van der Waals surface area (Å²) in [6.07, 6.45) is -0.434. The van der Waals surface area contributed by atoms with Gasteiger partial charge in [0.05, 0.1) is 17.5 Å². The Morgan fingerprint density at radius 3 is 2.61 bits per heavy atom. The molecule has 0 bridgehead atoms. The summed E-state index contributed by atoms with van der Waals surface area (Å²) in [6.45, 7) is 0. The Bertz CT molecular complexity index is 692. The van der Waals surface area contributed by atoms with Crippen LogP contribution >= 0.6 is 11.8 Å². The van der Waals surface area contributed by atoms with E-state index in [0.29, 0.717) is 5.16 Å². The summed E-state index contributed by atoms with van der Waals surface area (Å²) in [6, 6.07) is 6.61. The maximum atomic E-state index is 12.8. The molecule has 0 aliphatic heterocycles. The molecular formula is C14H11F3N4OS. The van der Waals surface area contributed by atoms with Crippen LogP contribution in [0.3, 0.4) is 0 Å². The molecule has 2 rings (SSSR count). The Balaban J connectivity index is 1.91. The normalized spacial score (nSPS) is 11.6. The SMILES string of the molecule is O=C(CSc1ncccn1)NN=Cc1ccccc1C(F)(F)F. The summed E-state index contributed by atoms with van der Waals surface area (Å²) in [7, 11) is 0. The summed E-state index contributed by atoms with van der Waals surface area (Å²) in [4.78, 5) is 19.4. The lowest BCUT2D eigenvalue weighted by atomic mass is 10.1. The zero-order chi connectivity index (χ0) is 16.7. The van der Waals surface area contributed by atoms with Crippen LogP contribution in [0.15, 0.2) is 53.0 Å². The van der Waals surface area contributed by atoms with E-state index < -0.39 is 17.6 Å². The number of hydrazone groups is 1. The number of aromatic nitrogens is 2. The molecule has 1 aromatic carbocycles. The number of amides is 1. The fraction of sp³-hybridized carbons (Fsp3) is 0.143. The number of nitrogens with zero attached hydrogens (tertiary/aromatic N) is 3. The second kappa shape index (κ2) is 7.73. The van der Waals surface area contributed by atoms with Crippen LogP contribution < -0.4 is 5.43 Å². The molecule has 0 saturated heterocycles. The van der Waals surface area contributed by atoms with Gasteiger partial charge in [0.1, 0.15) is 0 Å². The van der Waals surface area contributed by atoms with Gasteiger partial charge in [0, 0.05) is 18.0 Å². The van der Waals surface area contributed by atoms with Crippen molar-refractivity contribution in [2.45, 2.75) is 11.3 Å². The first-order valence-corrected chi connectivity index (χ1v) is 7.33. The largest absolute Gasteiger partial charge is 0.417 e. The van der Waals surface area contributed by atoms with Gasteiger partial charge in [0.2, 0.25) is 0 Å². The summed E-state index contributed by atoms with van der Waals surface area (Å²) in [5, 5.41) is 3.97. The second-order valence-electron chi connectivity index (χ2n) is 4.20. The topological polar surface area (TPSA) is 67.2 Å². The molecule has 0 unspecified atom stereocenters. The van der Waals surface area contributed by atoms with Gasteiger partial charge in [-0.15, -0.1) is 0 Å². The number of nitrogens with one attached hydrogen (secondary N) is 1. The van der Waals surface area contributed by atoms with E-state index in [1.165, 1.54) is 18.2 Å². The molecule has 1 N–H and O–H groups in total. The number of benzene rings is 1. The highest BCUT2D eigenvalue weighted by molar-refractivity contribution is 7.99. The van der Waals surface area contributed by atoms with Crippen LogP contribution in [0.4, 0.5) is 13.2 Å². The fourth-order valence-electron chi connectivity index (χ4n) is 1.56. The van der Waals surface area contributed by atoms with Gasteiger partial charge in [-0.05, 0) is 12.1 Å². The van der Waals surface area contributed by atoms with Crippen LogP contribution in [-0.4, -0.2) is 27.8 Å². The van der Waals surface area contributed by atoms with Crippen molar-refractivity contribution in [2.24, 2.45) is 5.10 Å². The highest BCUT2D eigenvalue weighted by Crippen LogP contribution is 2.30. The molecule has 0 fully saturated rings. The van der Waals surface area contributed by atoms with E-state index in [1.807, 2.05) is 0 Å². The van der Waals surface area contributed by atoms with Gasteiger partial charge in [-0.25, -0.2) is 15.4 Å². The van der Waals surface area contributed by atoms with Crippen molar-refractivity contribution in [1.29, 1.82) is 0 Å². The molecule has 23 heavy (non-hydrogen) atoms. The standard InChI is InChI=1S/C14H11F3N4OS/c15-14(16,17)11-5-2-1-4-10(11)8-20-21-12(22)9-23-13-18-6-3-7-19-13/h1-8H,9H2,(H,21,22). The third kappa shape index (κ3) is 5.37. The Labute approximate surface area is 134 Å². The van der Waals surface area contributed by atoms with Crippen molar-refractivity contribution < 1.29 is 18.0 Å². The van der Waals surface area contributed by atoms with E-state index in [2.05, 4.69) is 20.5 Å². The summed E-state index contributed by atoms with van der Waals surface area (Å²) < 4.78 is 38.3. The minimum atomic E-state index is -4.48. The van der Waals surface area contributed by atoms with E-state index >= 15 is 0 Å². The smallest absolute Gasteiger partial charge is 0.272 e. The molecule has 9 heteroatoms.